The van der Waals surface area contributed by atoms with Gasteiger partial charge in [-0.2, -0.15) is 9.41 Å². The van der Waals surface area contributed by atoms with Crippen molar-refractivity contribution in [1.29, 1.82) is 0 Å². The summed E-state index contributed by atoms with van der Waals surface area (Å²) in [6.45, 7) is 1.33. The van der Waals surface area contributed by atoms with Crippen LogP contribution in [0.3, 0.4) is 0 Å². The predicted molar refractivity (Wildman–Crippen MR) is 115 cm³/mol. The number of sulfonamides is 1. The van der Waals surface area contributed by atoms with Crippen molar-refractivity contribution in [2.75, 3.05) is 26.3 Å². The first-order valence-corrected chi connectivity index (χ1v) is 11.0. The zero-order valence-electron chi connectivity index (χ0n) is 16.2. The highest BCUT2D eigenvalue weighted by molar-refractivity contribution is 7.89. The number of rotatable bonds is 5. The van der Waals surface area contributed by atoms with Crippen molar-refractivity contribution in [3.63, 3.8) is 0 Å². The highest BCUT2D eigenvalue weighted by Crippen LogP contribution is 2.18. The van der Waals surface area contributed by atoms with Crippen LogP contribution in [-0.4, -0.2) is 51.1 Å². The van der Waals surface area contributed by atoms with Gasteiger partial charge in [-0.1, -0.05) is 42.5 Å². The zero-order chi connectivity index (χ0) is 21.0. The van der Waals surface area contributed by atoms with E-state index < -0.39 is 15.9 Å². The van der Waals surface area contributed by atoms with Crippen LogP contribution in [0.2, 0.25) is 0 Å². The number of hydrazone groups is 1. The molecule has 7 nitrogen and oxygen atoms in total. The van der Waals surface area contributed by atoms with Gasteiger partial charge in [0.15, 0.2) is 0 Å². The van der Waals surface area contributed by atoms with Crippen LogP contribution in [0.5, 0.6) is 0 Å². The number of morpholine rings is 1. The van der Waals surface area contributed by atoms with Gasteiger partial charge >= 0.3 is 0 Å². The van der Waals surface area contributed by atoms with Crippen LogP contribution in [0.25, 0.3) is 10.8 Å². The van der Waals surface area contributed by atoms with Gasteiger partial charge in [-0.15, -0.1) is 0 Å². The molecular formula is C22H21N3O4S. The molecular weight excluding hydrogens is 402 g/mol. The first-order valence-electron chi connectivity index (χ1n) is 9.54. The van der Waals surface area contributed by atoms with Gasteiger partial charge < -0.3 is 4.74 Å². The summed E-state index contributed by atoms with van der Waals surface area (Å²) in [7, 11) is -3.67. The molecule has 1 saturated heterocycles. The number of nitrogens with zero attached hydrogens (tertiary/aromatic N) is 2. The van der Waals surface area contributed by atoms with E-state index in [1.54, 1.807) is 18.3 Å². The van der Waals surface area contributed by atoms with Gasteiger partial charge in [0, 0.05) is 18.7 Å². The molecule has 0 atom stereocenters. The number of carbonyl (C=O) groups excluding carboxylic acids is 1. The maximum absolute atomic E-state index is 12.8. The first kappa shape index (κ1) is 20.2. The van der Waals surface area contributed by atoms with E-state index in [1.165, 1.54) is 16.4 Å². The van der Waals surface area contributed by atoms with E-state index in [9.17, 15) is 13.2 Å². The fraction of sp³-hybridized carbons (Fsp3) is 0.182. The molecule has 1 amide bonds. The zero-order valence-corrected chi connectivity index (χ0v) is 17.0. The summed E-state index contributed by atoms with van der Waals surface area (Å²) >= 11 is 0. The summed E-state index contributed by atoms with van der Waals surface area (Å²) in [4.78, 5) is 12.5. The SMILES string of the molecule is O=C(N/N=C/c1ccc2ccccc2c1)c1cccc(S(=O)(=O)N2CCOCC2)c1. The molecule has 30 heavy (non-hydrogen) atoms. The van der Waals surface area contributed by atoms with Gasteiger partial charge in [0.05, 0.1) is 24.3 Å². The summed E-state index contributed by atoms with van der Waals surface area (Å²) in [5.41, 5.74) is 3.52. The highest BCUT2D eigenvalue weighted by atomic mass is 32.2. The number of hydrogen-bond acceptors (Lipinski definition) is 5. The Morgan fingerprint density at radius 1 is 0.967 bits per heavy atom. The minimum atomic E-state index is -3.67. The molecule has 1 aliphatic heterocycles. The van der Waals surface area contributed by atoms with Crippen molar-refractivity contribution in [2.24, 2.45) is 5.10 Å². The van der Waals surface area contributed by atoms with Gasteiger partial charge in [-0.3, -0.25) is 4.79 Å². The van der Waals surface area contributed by atoms with Gasteiger partial charge in [0.25, 0.3) is 5.91 Å². The summed E-state index contributed by atoms with van der Waals surface area (Å²) in [6.07, 6.45) is 1.55. The van der Waals surface area contributed by atoms with E-state index in [0.717, 1.165) is 16.3 Å². The highest BCUT2D eigenvalue weighted by Gasteiger charge is 2.26. The number of carbonyl (C=O) groups is 1. The number of benzene rings is 3. The van der Waals surface area contributed by atoms with Crippen molar-refractivity contribution in [3.8, 4) is 0 Å². The average Bonchev–Trinajstić information content (AvgIpc) is 2.79. The lowest BCUT2D eigenvalue weighted by atomic mass is 10.1. The standard InChI is InChI=1S/C22H21N3O4S/c26-22(24-23-16-17-8-9-18-4-1-2-5-19(18)14-17)20-6-3-7-21(15-20)30(27,28)25-10-12-29-13-11-25/h1-9,14-16H,10-13H2,(H,24,26)/b23-16+. The summed E-state index contributed by atoms with van der Waals surface area (Å²) in [5, 5.41) is 6.21. The first-order chi connectivity index (χ1) is 14.5. The molecule has 1 fully saturated rings. The maximum Gasteiger partial charge on any atom is 0.271 e. The second-order valence-corrected chi connectivity index (χ2v) is 8.79. The molecule has 3 aromatic rings. The van der Waals surface area contributed by atoms with Crippen molar-refractivity contribution < 1.29 is 17.9 Å². The molecule has 154 valence electrons. The van der Waals surface area contributed by atoms with Gasteiger partial charge in [-0.25, -0.2) is 13.8 Å². The molecule has 0 aliphatic carbocycles. The van der Waals surface area contributed by atoms with Gasteiger partial charge in [-0.05, 0) is 40.6 Å². The van der Waals surface area contributed by atoms with Crippen LogP contribution >= 0.6 is 0 Å². The Labute approximate surface area is 175 Å². The van der Waals surface area contributed by atoms with E-state index in [1.807, 2.05) is 42.5 Å². The molecule has 0 spiro atoms. The Bertz CT molecular complexity index is 1200. The fourth-order valence-corrected chi connectivity index (χ4v) is 4.71. The lowest BCUT2D eigenvalue weighted by Crippen LogP contribution is -2.40. The lowest BCUT2D eigenvalue weighted by Gasteiger charge is -2.26. The molecule has 4 rings (SSSR count). The average molecular weight is 423 g/mol. The second-order valence-electron chi connectivity index (χ2n) is 6.85. The number of hydrogen-bond donors (Lipinski definition) is 1. The van der Waals surface area contributed by atoms with Crippen molar-refractivity contribution in [1.82, 2.24) is 9.73 Å². The normalized spacial score (nSPS) is 15.5. The van der Waals surface area contributed by atoms with Crippen LogP contribution < -0.4 is 5.43 Å². The summed E-state index contributed by atoms with van der Waals surface area (Å²) < 4.78 is 32.1. The molecule has 3 aromatic carbocycles. The lowest BCUT2D eigenvalue weighted by molar-refractivity contribution is 0.0730. The monoisotopic (exact) mass is 423 g/mol. The molecule has 0 bridgehead atoms. The Balaban J connectivity index is 1.46. The third-order valence-electron chi connectivity index (χ3n) is 4.86. The minimum Gasteiger partial charge on any atom is -0.379 e. The van der Waals surface area contributed by atoms with E-state index >= 15 is 0 Å². The topological polar surface area (TPSA) is 88.1 Å². The summed E-state index contributed by atoms with van der Waals surface area (Å²) in [6, 6.07) is 19.8. The quantitative estimate of drug-likeness (QED) is 0.505. The Kier molecular flexibility index (Phi) is 5.89. The van der Waals surface area contributed by atoms with E-state index in [0.29, 0.717) is 26.3 Å². The fourth-order valence-electron chi connectivity index (χ4n) is 3.25. The Hall–Kier alpha value is -3.07. The minimum absolute atomic E-state index is 0.0792. The number of amides is 1. The second kappa shape index (κ2) is 8.74. The molecule has 1 aliphatic rings. The Morgan fingerprint density at radius 3 is 2.53 bits per heavy atom. The van der Waals surface area contributed by atoms with Crippen molar-refractivity contribution in [2.45, 2.75) is 4.90 Å². The van der Waals surface area contributed by atoms with E-state index in [-0.39, 0.29) is 10.5 Å². The maximum atomic E-state index is 12.8. The molecule has 1 N–H and O–H groups in total. The number of fused-ring (bicyclic) bond motifs is 1. The smallest absolute Gasteiger partial charge is 0.271 e. The van der Waals surface area contributed by atoms with Gasteiger partial charge in [0.2, 0.25) is 10.0 Å². The molecule has 0 unspecified atom stereocenters. The number of nitrogens with one attached hydrogen (secondary N) is 1. The van der Waals surface area contributed by atoms with E-state index in [2.05, 4.69) is 10.5 Å². The Morgan fingerprint density at radius 2 is 1.73 bits per heavy atom. The summed E-state index contributed by atoms with van der Waals surface area (Å²) in [5.74, 6) is -0.480. The molecule has 0 aromatic heterocycles. The van der Waals surface area contributed by atoms with Crippen molar-refractivity contribution in [3.05, 3.63) is 77.9 Å². The van der Waals surface area contributed by atoms with Crippen LogP contribution in [0.1, 0.15) is 15.9 Å². The largest absolute Gasteiger partial charge is 0.379 e. The predicted octanol–water partition coefficient (Wildman–Crippen LogP) is 2.62. The van der Waals surface area contributed by atoms with E-state index in [4.69, 9.17) is 4.74 Å². The van der Waals surface area contributed by atoms with Crippen molar-refractivity contribution >= 4 is 32.9 Å². The molecule has 1 heterocycles. The third kappa shape index (κ3) is 4.40. The molecule has 8 heteroatoms. The van der Waals surface area contributed by atoms with Crippen LogP contribution in [-0.2, 0) is 14.8 Å². The molecule has 0 saturated carbocycles. The van der Waals surface area contributed by atoms with Gasteiger partial charge in [0.1, 0.15) is 0 Å². The van der Waals surface area contributed by atoms with Crippen LogP contribution in [0.4, 0.5) is 0 Å². The molecule has 0 radical (unpaired) electrons. The third-order valence-corrected chi connectivity index (χ3v) is 6.75. The van der Waals surface area contributed by atoms with Crippen LogP contribution in [0, 0.1) is 0 Å². The van der Waals surface area contributed by atoms with Crippen LogP contribution in [0.15, 0.2) is 76.7 Å². The number of ether oxygens (including phenoxy) is 1.